The highest BCUT2D eigenvalue weighted by atomic mass is 16.5. The van der Waals surface area contributed by atoms with Gasteiger partial charge in [0.05, 0.1) is 13.0 Å². The van der Waals surface area contributed by atoms with E-state index in [1.54, 1.807) is 6.07 Å². The van der Waals surface area contributed by atoms with Crippen molar-refractivity contribution in [2.45, 2.75) is 83.1 Å². The van der Waals surface area contributed by atoms with Crippen LogP contribution in [0.25, 0.3) is 11.0 Å². The third kappa shape index (κ3) is 9.02. The minimum atomic E-state index is -0.547. The van der Waals surface area contributed by atoms with Crippen LogP contribution in [0.5, 0.6) is 5.75 Å². The molecule has 36 heavy (non-hydrogen) atoms. The number of phenolic OH excluding ortho intramolecular Hbond substituents is 1. The lowest BCUT2D eigenvalue weighted by molar-refractivity contribution is -0.141. The van der Waals surface area contributed by atoms with Gasteiger partial charge in [-0.15, -0.1) is 0 Å². The first-order chi connectivity index (χ1) is 17.4. The van der Waals surface area contributed by atoms with Crippen LogP contribution in [0.4, 0.5) is 0 Å². The maximum Gasteiger partial charge on any atom is 0.336 e. The van der Waals surface area contributed by atoms with Crippen molar-refractivity contribution >= 4 is 28.8 Å². The van der Waals surface area contributed by atoms with Crippen molar-refractivity contribution in [3.63, 3.8) is 0 Å². The SMILES string of the molecule is O=C(Cc1cc(=O)oc2cc(O)ccc12)NCCCCCCCCCCCC(=O)N[C@H]1CCOC1=O. The number of benzene rings is 1. The van der Waals surface area contributed by atoms with Crippen molar-refractivity contribution in [1.29, 1.82) is 0 Å². The van der Waals surface area contributed by atoms with E-state index in [9.17, 15) is 24.3 Å². The zero-order valence-electron chi connectivity index (χ0n) is 20.7. The molecule has 3 N–H and O–H groups in total. The van der Waals surface area contributed by atoms with E-state index in [0.29, 0.717) is 36.9 Å². The van der Waals surface area contributed by atoms with Gasteiger partial charge < -0.3 is 24.9 Å². The molecule has 2 amide bonds. The Hall–Kier alpha value is -3.36. The van der Waals surface area contributed by atoms with Gasteiger partial charge in [-0.2, -0.15) is 0 Å². The number of rotatable bonds is 15. The lowest BCUT2D eigenvalue weighted by Crippen LogP contribution is -2.37. The van der Waals surface area contributed by atoms with Gasteiger partial charge in [0, 0.05) is 36.9 Å². The molecular weight excluding hydrogens is 464 g/mol. The van der Waals surface area contributed by atoms with Crippen LogP contribution in [0.15, 0.2) is 33.5 Å². The summed E-state index contributed by atoms with van der Waals surface area (Å²) in [6, 6.07) is 5.37. The first-order valence-electron chi connectivity index (χ1n) is 12.9. The van der Waals surface area contributed by atoms with E-state index in [1.807, 2.05) is 0 Å². The van der Waals surface area contributed by atoms with Crippen molar-refractivity contribution in [1.82, 2.24) is 10.6 Å². The van der Waals surface area contributed by atoms with Gasteiger partial charge in [-0.25, -0.2) is 9.59 Å². The van der Waals surface area contributed by atoms with Crippen molar-refractivity contribution in [3.8, 4) is 5.75 Å². The summed E-state index contributed by atoms with van der Waals surface area (Å²) < 4.78 is 9.93. The van der Waals surface area contributed by atoms with Crippen LogP contribution in [0.3, 0.4) is 0 Å². The Balaban J connectivity index is 1.17. The number of esters is 1. The fourth-order valence-electron chi connectivity index (χ4n) is 4.37. The summed E-state index contributed by atoms with van der Waals surface area (Å²) in [7, 11) is 0. The second kappa shape index (κ2) is 14.3. The van der Waals surface area contributed by atoms with Crippen molar-refractivity contribution < 1.29 is 28.6 Å². The number of carbonyl (C=O) groups excluding carboxylic acids is 3. The van der Waals surface area contributed by atoms with E-state index in [0.717, 1.165) is 57.8 Å². The fourth-order valence-corrected chi connectivity index (χ4v) is 4.37. The van der Waals surface area contributed by atoms with Gasteiger partial charge in [-0.1, -0.05) is 44.9 Å². The second-order valence-electron chi connectivity index (χ2n) is 9.31. The molecule has 1 aromatic carbocycles. The molecule has 9 heteroatoms. The van der Waals surface area contributed by atoms with E-state index in [-0.39, 0.29) is 35.5 Å². The summed E-state index contributed by atoms with van der Waals surface area (Å²) in [6.45, 7) is 0.985. The summed E-state index contributed by atoms with van der Waals surface area (Å²) in [4.78, 5) is 47.2. The Kier molecular flexibility index (Phi) is 10.8. The van der Waals surface area contributed by atoms with Gasteiger partial charge in [-0.05, 0) is 30.5 Å². The molecule has 0 radical (unpaired) electrons. The van der Waals surface area contributed by atoms with E-state index in [2.05, 4.69) is 10.6 Å². The molecule has 9 nitrogen and oxygen atoms in total. The lowest BCUT2D eigenvalue weighted by Gasteiger charge is -2.08. The Morgan fingerprint density at radius 2 is 1.61 bits per heavy atom. The zero-order chi connectivity index (χ0) is 25.8. The van der Waals surface area contributed by atoms with Gasteiger partial charge in [-0.3, -0.25) is 9.59 Å². The van der Waals surface area contributed by atoms with Crippen LogP contribution in [0.2, 0.25) is 0 Å². The highest BCUT2D eigenvalue weighted by molar-refractivity contribution is 5.87. The van der Waals surface area contributed by atoms with Crippen LogP contribution in [0.1, 0.15) is 76.2 Å². The first kappa shape index (κ1) is 27.2. The van der Waals surface area contributed by atoms with E-state index in [4.69, 9.17) is 9.15 Å². The van der Waals surface area contributed by atoms with E-state index >= 15 is 0 Å². The Labute approximate surface area is 210 Å². The number of unbranched alkanes of at least 4 members (excludes halogenated alkanes) is 8. The van der Waals surface area contributed by atoms with Gasteiger partial charge in [0.15, 0.2) is 0 Å². The molecule has 196 valence electrons. The van der Waals surface area contributed by atoms with Crippen LogP contribution < -0.4 is 16.3 Å². The number of aromatic hydroxyl groups is 1. The molecule has 0 unspecified atom stereocenters. The number of carbonyl (C=O) groups is 3. The number of hydrogen-bond donors (Lipinski definition) is 3. The molecule has 1 fully saturated rings. The fraction of sp³-hybridized carbons (Fsp3) is 0.556. The maximum atomic E-state index is 12.3. The standard InChI is InChI=1S/C27H36N2O7/c30-20-11-12-21-19(17-26(33)36-23(21)18-20)16-25(32)28-14-9-7-5-3-1-2-4-6-8-10-24(31)29-22-13-15-35-27(22)34/h11-12,17-18,22,30H,1-10,13-16H2,(H,28,32)(H,29,31)/t22-/m0/s1. The van der Waals surface area contributed by atoms with E-state index < -0.39 is 11.7 Å². The molecule has 1 atom stereocenters. The summed E-state index contributed by atoms with van der Waals surface area (Å²) in [6.07, 6.45) is 10.6. The highest BCUT2D eigenvalue weighted by Gasteiger charge is 2.27. The molecule has 1 saturated heterocycles. The average molecular weight is 501 g/mol. The van der Waals surface area contributed by atoms with Crippen LogP contribution in [0, 0.1) is 0 Å². The van der Waals surface area contributed by atoms with Crippen molar-refractivity contribution in [2.75, 3.05) is 13.2 Å². The minimum absolute atomic E-state index is 0.00182. The lowest BCUT2D eigenvalue weighted by atomic mass is 10.1. The summed E-state index contributed by atoms with van der Waals surface area (Å²) >= 11 is 0. The van der Waals surface area contributed by atoms with E-state index in [1.165, 1.54) is 18.2 Å². The van der Waals surface area contributed by atoms with Crippen LogP contribution in [-0.4, -0.2) is 42.1 Å². The molecule has 2 aromatic rings. The quantitative estimate of drug-likeness (QED) is 0.194. The second-order valence-corrected chi connectivity index (χ2v) is 9.31. The molecule has 1 aliphatic rings. The molecule has 0 aliphatic carbocycles. The third-order valence-electron chi connectivity index (χ3n) is 6.34. The minimum Gasteiger partial charge on any atom is -0.508 e. The molecule has 0 spiro atoms. The van der Waals surface area contributed by atoms with Gasteiger partial charge in [0.25, 0.3) is 0 Å². The summed E-state index contributed by atoms with van der Waals surface area (Å²) in [5, 5.41) is 15.8. The third-order valence-corrected chi connectivity index (χ3v) is 6.34. The number of hydrogen-bond acceptors (Lipinski definition) is 7. The zero-order valence-corrected chi connectivity index (χ0v) is 20.7. The van der Waals surface area contributed by atoms with Gasteiger partial charge in [0.1, 0.15) is 17.4 Å². The molecule has 3 rings (SSSR count). The van der Waals surface area contributed by atoms with Crippen LogP contribution in [-0.2, 0) is 25.5 Å². The average Bonchev–Trinajstić information content (AvgIpc) is 3.23. The molecule has 0 saturated carbocycles. The topological polar surface area (TPSA) is 135 Å². The predicted molar refractivity (Wildman–Crippen MR) is 135 cm³/mol. The maximum absolute atomic E-state index is 12.3. The Morgan fingerprint density at radius 3 is 2.31 bits per heavy atom. The van der Waals surface area contributed by atoms with Crippen molar-refractivity contribution in [2.24, 2.45) is 0 Å². The number of phenols is 1. The molecule has 0 bridgehead atoms. The normalized spacial score (nSPS) is 15.1. The smallest absolute Gasteiger partial charge is 0.336 e. The molecule has 1 aromatic heterocycles. The number of cyclic esters (lactones) is 1. The van der Waals surface area contributed by atoms with Gasteiger partial charge >= 0.3 is 11.6 Å². The number of nitrogens with one attached hydrogen (secondary N) is 2. The number of amides is 2. The molecule has 2 heterocycles. The molecular formula is C27H36N2O7. The number of fused-ring (bicyclic) bond motifs is 1. The largest absolute Gasteiger partial charge is 0.508 e. The Bertz CT molecular complexity index is 1100. The summed E-state index contributed by atoms with van der Waals surface area (Å²) in [5.74, 6) is -0.549. The van der Waals surface area contributed by atoms with Crippen LogP contribution >= 0.6 is 0 Å². The van der Waals surface area contributed by atoms with Crippen molar-refractivity contribution in [3.05, 3.63) is 40.2 Å². The number of ether oxygens (including phenoxy) is 1. The Morgan fingerprint density at radius 1 is 0.917 bits per heavy atom. The van der Waals surface area contributed by atoms with Gasteiger partial charge in [0.2, 0.25) is 11.8 Å². The molecule has 1 aliphatic heterocycles. The predicted octanol–water partition coefficient (Wildman–Crippen LogP) is 3.49. The highest BCUT2D eigenvalue weighted by Crippen LogP contribution is 2.22. The first-order valence-corrected chi connectivity index (χ1v) is 12.9. The summed E-state index contributed by atoms with van der Waals surface area (Å²) in [5.41, 5.74) is 0.301. The monoisotopic (exact) mass is 500 g/mol.